The van der Waals surface area contributed by atoms with E-state index >= 15 is 0 Å². The topological polar surface area (TPSA) is 224 Å². The molecule has 2 rings (SSSR count). The second-order valence-electron chi connectivity index (χ2n) is 5.40. The van der Waals surface area contributed by atoms with Crippen LogP contribution in [0.25, 0.3) is 0 Å². The Morgan fingerprint density at radius 2 is 1.52 bits per heavy atom. The van der Waals surface area contributed by atoms with Gasteiger partial charge in [-0.25, -0.2) is 0 Å². The minimum absolute atomic E-state index is 0.199. The van der Waals surface area contributed by atoms with Crippen LogP contribution in [0.1, 0.15) is 5.82 Å². The Morgan fingerprint density at radius 1 is 0.931 bits per heavy atom. The highest BCUT2D eigenvalue weighted by atomic mass is 16.7. The van der Waals surface area contributed by atoms with Gasteiger partial charge in [-0.15, -0.1) is 0 Å². The maximum atomic E-state index is 11.3. The number of non-ortho nitro benzene ring substituents is 1. The summed E-state index contributed by atoms with van der Waals surface area (Å²) in [5, 5.41) is 44.6. The first-order valence-electron chi connectivity index (χ1n) is 7.29. The Bertz CT molecular complexity index is 975. The van der Waals surface area contributed by atoms with Gasteiger partial charge in [0.25, 0.3) is 5.69 Å². The molecule has 152 valence electrons. The van der Waals surface area contributed by atoms with E-state index in [4.69, 9.17) is 4.74 Å². The normalized spacial score (nSPS) is 10.8. The lowest BCUT2D eigenvalue weighted by Crippen LogP contribution is -2.51. The number of benzene rings is 1. The predicted octanol–water partition coefficient (Wildman–Crippen LogP) is 0.578. The van der Waals surface area contributed by atoms with Crippen molar-refractivity contribution < 1.29 is 24.4 Å². The summed E-state index contributed by atoms with van der Waals surface area (Å²) < 4.78 is 5.17. The van der Waals surface area contributed by atoms with Crippen molar-refractivity contribution in [3.63, 3.8) is 0 Å². The van der Waals surface area contributed by atoms with E-state index in [9.17, 15) is 40.5 Å². The molecule has 0 atom stereocenters. The minimum Gasteiger partial charge on any atom is -0.424 e. The molecule has 2 aromatic rings. The quantitative estimate of drug-likeness (QED) is 0.330. The molecular weight excluding hydrogens is 400 g/mol. The van der Waals surface area contributed by atoms with Crippen LogP contribution in [0.5, 0.6) is 11.8 Å². The van der Waals surface area contributed by atoms with Crippen LogP contribution >= 0.6 is 0 Å². The molecule has 17 nitrogen and oxygen atoms in total. The van der Waals surface area contributed by atoms with E-state index in [0.29, 0.717) is 0 Å². The molecule has 0 aliphatic heterocycles. The first kappa shape index (κ1) is 20.7. The standard InChI is InChI=1S/C12H10N8O9/c1-16(2)10-13-9(12(18(23)24,19(25)26)20(27)28)14-11(15-10)29-8-5-3-4-7(6-8)17(21)22/h3-6H,1-2H3. The first-order chi connectivity index (χ1) is 13.5. The molecule has 0 fully saturated rings. The Kier molecular flexibility index (Phi) is 5.42. The third-order valence-corrected chi connectivity index (χ3v) is 3.30. The second-order valence-corrected chi connectivity index (χ2v) is 5.40. The summed E-state index contributed by atoms with van der Waals surface area (Å²) in [4.78, 5) is 50.3. The molecule has 0 aliphatic carbocycles. The van der Waals surface area contributed by atoms with E-state index in [1.165, 1.54) is 26.2 Å². The molecule has 1 aromatic carbocycles. The van der Waals surface area contributed by atoms with Crippen LogP contribution in [0.3, 0.4) is 0 Å². The molecule has 0 saturated heterocycles. The Hall–Kier alpha value is -4.57. The number of anilines is 1. The Labute approximate surface area is 159 Å². The first-order valence-corrected chi connectivity index (χ1v) is 7.29. The zero-order valence-electron chi connectivity index (χ0n) is 14.6. The summed E-state index contributed by atoms with van der Waals surface area (Å²) in [6.07, 6.45) is 0. The van der Waals surface area contributed by atoms with Crippen LogP contribution in [0.15, 0.2) is 24.3 Å². The number of ether oxygens (including phenoxy) is 1. The average molecular weight is 410 g/mol. The van der Waals surface area contributed by atoms with Crippen LogP contribution < -0.4 is 9.64 Å². The molecule has 1 heterocycles. The fourth-order valence-electron chi connectivity index (χ4n) is 1.95. The molecule has 0 saturated carbocycles. The largest absolute Gasteiger partial charge is 0.763 e. The van der Waals surface area contributed by atoms with Crippen molar-refractivity contribution in [3.8, 4) is 11.8 Å². The summed E-state index contributed by atoms with van der Waals surface area (Å²) in [7, 11) is 2.70. The smallest absolute Gasteiger partial charge is 0.424 e. The monoisotopic (exact) mass is 410 g/mol. The summed E-state index contributed by atoms with van der Waals surface area (Å²) in [6.45, 7) is 0. The maximum absolute atomic E-state index is 11.3. The van der Waals surface area contributed by atoms with Crippen LogP contribution in [0.4, 0.5) is 11.6 Å². The molecule has 0 spiro atoms. The zero-order valence-corrected chi connectivity index (χ0v) is 14.6. The van der Waals surface area contributed by atoms with Crippen molar-refractivity contribution in [1.29, 1.82) is 0 Å². The lowest BCUT2D eigenvalue weighted by atomic mass is 10.3. The summed E-state index contributed by atoms with van der Waals surface area (Å²) in [5.74, 6) is -6.16. The second kappa shape index (κ2) is 7.58. The molecule has 29 heavy (non-hydrogen) atoms. The molecule has 0 bridgehead atoms. The zero-order chi connectivity index (χ0) is 21.9. The highest BCUT2D eigenvalue weighted by molar-refractivity contribution is 5.39. The van der Waals surface area contributed by atoms with Gasteiger partial charge >= 0.3 is 17.6 Å². The Balaban J connectivity index is 2.67. The van der Waals surface area contributed by atoms with Crippen molar-refractivity contribution in [3.05, 3.63) is 70.5 Å². The number of rotatable bonds is 8. The van der Waals surface area contributed by atoms with Crippen molar-refractivity contribution in [1.82, 2.24) is 15.0 Å². The number of hydrogen-bond acceptors (Lipinski definition) is 13. The number of nitro groups is 4. The summed E-state index contributed by atoms with van der Waals surface area (Å²) in [5.41, 5.74) is -0.375. The van der Waals surface area contributed by atoms with Gasteiger partial charge in [-0.05, 0) is 6.07 Å². The lowest BCUT2D eigenvalue weighted by molar-refractivity contribution is -0.987. The highest BCUT2D eigenvalue weighted by Gasteiger charge is 2.76. The van der Waals surface area contributed by atoms with Crippen LogP contribution in [-0.2, 0) is 5.79 Å². The number of hydrogen-bond donors (Lipinski definition) is 0. The van der Waals surface area contributed by atoms with Gasteiger partial charge in [0.2, 0.25) is 5.95 Å². The molecule has 0 unspecified atom stereocenters. The summed E-state index contributed by atoms with van der Waals surface area (Å²) >= 11 is 0. The third-order valence-electron chi connectivity index (χ3n) is 3.30. The van der Waals surface area contributed by atoms with Crippen LogP contribution in [0.2, 0.25) is 0 Å². The van der Waals surface area contributed by atoms with Gasteiger partial charge in [0.15, 0.2) is 14.8 Å². The Morgan fingerprint density at radius 3 is 2.00 bits per heavy atom. The van der Waals surface area contributed by atoms with E-state index in [1.54, 1.807) is 0 Å². The van der Waals surface area contributed by atoms with Gasteiger partial charge < -0.3 is 9.64 Å². The fourth-order valence-corrected chi connectivity index (χ4v) is 1.95. The van der Waals surface area contributed by atoms with Gasteiger partial charge in [-0.3, -0.25) is 40.5 Å². The third kappa shape index (κ3) is 3.77. The van der Waals surface area contributed by atoms with E-state index < -0.39 is 43.3 Å². The van der Waals surface area contributed by atoms with E-state index in [-0.39, 0.29) is 11.4 Å². The highest BCUT2D eigenvalue weighted by Crippen LogP contribution is 2.28. The molecule has 0 amide bonds. The van der Waals surface area contributed by atoms with Crippen molar-refractivity contribution in [2.75, 3.05) is 19.0 Å². The van der Waals surface area contributed by atoms with Crippen LogP contribution in [-0.4, -0.2) is 48.7 Å². The van der Waals surface area contributed by atoms with Gasteiger partial charge in [0, 0.05) is 20.2 Å². The van der Waals surface area contributed by atoms with Gasteiger partial charge in [0.05, 0.1) is 11.0 Å². The number of aromatic nitrogens is 3. The average Bonchev–Trinajstić information content (AvgIpc) is 2.61. The van der Waals surface area contributed by atoms with Gasteiger partial charge in [0.1, 0.15) is 5.75 Å². The maximum Gasteiger partial charge on any atom is 0.763 e. The van der Waals surface area contributed by atoms with Crippen LogP contribution in [0, 0.1) is 40.5 Å². The SMILES string of the molecule is CN(C)c1nc(Oc2cccc([N+](=O)[O-])c2)nc(C([N+](=O)[O-])([N+](=O)[O-])[N+](=O)[O-])n1. The molecule has 0 radical (unpaired) electrons. The molecule has 1 aromatic heterocycles. The summed E-state index contributed by atoms with van der Waals surface area (Å²) in [6, 6.07) is 3.81. The predicted molar refractivity (Wildman–Crippen MR) is 90.0 cm³/mol. The fraction of sp³-hybridized carbons (Fsp3) is 0.250. The molecular formula is C12H10N8O9. The van der Waals surface area contributed by atoms with Crippen molar-refractivity contribution in [2.24, 2.45) is 0 Å². The van der Waals surface area contributed by atoms with E-state index in [2.05, 4.69) is 15.0 Å². The molecule has 0 N–H and O–H groups in total. The molecule has 0 aliphatic rings. The van der Waals surface area contributed by atoms with Crippen molar-refractivity contribution >= 4 is 11.6 Å². The van der Waals surface area contributed by atoms with Gasteiger partial charge in [-0.1, -0.05) is 6.07 Å². The number of nitrogens with zero attached hydrogens (tertiary/aromatic N) is 8. The van der Waals surface area contributed by atoms with Crippen molar-refractivity contribution in [2.45, 2.75) is 5.79 Å². The molecule has 17 heteroatoms. The lowest BCUT2D eigenvalue weighted by Gasteiger charge is -2.13. The number of nitro benzene ring substituents is 1. The van der Waals surface area contributed by atoms with Gasteiger partial charge in [-0.2, -0.15) is 15.0 Å². The van der Waals surface area contributed by atoms with E-state index in [0.717, 1.165) is 17.0 Å². The van der Waals surface area contributed by atoms with E-state index in [1.807, 2.05) is 0 Å². The minimum atomic E-state index is -4.12.